The summed E-state index contributed by atoms with van der Waals surface area (Å²) < 4.78 is 0. The van der Waals surface area contributed by atoms with Crippen molar-refractivity contribution in [2.24, 2.45) is 0 Å². The summed E-state index contributed by atoms with van der Waals surface area (Å²) in [5.41, 5.74) is 1.60. The molecule has 0 atom stereocenters. The van der Waals surface area contributed by atoms with Gasteiger partial charge in [-0.2, -0.15) is 0 Å². The Labute approximate surface area is 545 Å². The summed E-state index contributed by atoms with van der Waals surface area (Å²) in [5.74, 6) is 3.89. The number of aryl methyl sites for hydroxylation is 1. The van der Waals surface area contributed by atoms with E-state index in [-0.39, 0.29) is 0 Å². The van der Waals surface area contributed by atoms with Gasteiger partial charge in [0.1, 0.15) is 0 Å². The lowest BCUT2D eigenvalue weighted by Crippen LogP contribution is -1.94. The molecule has 498 valence electrons. The van der Waals surface area contributed by atoms with E-state index >= 15 is 0 Å². The van der Waals surface area contributed by atoms with Crippen LogP contribution < -0.4 is 0 Å². The quantitative estimate of drug-likeness (QED) is 0.0471. The van der Waals surface area contributed by atoms with Crippen LogP contribution in [0, 0.1) is 0 Å². The molecule has 0 nitrogen and oxygen atoms in total. The van der Waals surface area contributed by atoms with Crippen LogP contribution in [-0.2, 0) is 6.42 Å². The molecule has 0 bridgehead atoms. The SMILES string of the molecule is CCCCCCCCCCCCCCCCCCCCCCCCSc1cc(CCC)cc(SCCCCCCCCCCCCCCCCCCCCCCCC)c1SCCCCCCCCCCCCCCCCCCCCCCCC. The summed E-state index contributed by atoms with van der Waals surface area (Å²) in [6, 6.07) is 5.27. The smallest absolute Gasteiger partial charge is 0.0344 e. The van der Waals surface area contributed by atoms with E-state index in [0.29, 0.717) is 0 Å². The first-order valence-corrected chi connectivity index (χ1v) is 42.8. The van der Waals surface area contributed by atoms with Gasteiger partial charge in [0.15, 0.2) is 0 Å². The van der Waals surface area contributed by atoms with Gasteiger partial charge in [-0.15, -0.1) is 35.3 Å². The van der Waals surface area contributed by atoms with E-state index in [1.165, 1.54) is 454 Å². The normalized spacial score (nSPS) is 11.8. The van der Waals surface area contributed by atoms with Crippen LogP contribution in [0.1, 0.15) is 463 Å². The summed E-state index contributed by atoms with van der Waals surface area (Å²) >= 11 is 6.67. The second-order valence-corrected chi connectivity index (χ2v) is 30.9. The summed E-state index contributed by atoms with van der Waals surface area (Å²) in [4.78, 5) is 4.92. The van der Waals surface area contributed by atoms with Crippen molar-refractivity contribution in [1.29, 1.82) is 0 Å². The monoisotopic (exact) mass is 1230 g/mol. The minimum Gasteiger partial charge on any atom is -0.125 e. The molecule has 1 rings (SSSR count). The second-order valence-electron chi connectivity index (χ2n) is 27.5. The molecule has 0 aliphatic heterocycles. The molecule has 0 saturated carbocycles. The molecular formula is C81H156S3. The van der Waals surface area contributed by atoms with Crippen LogP contribution in [0.5, 0.6) is 0 Å². The molecule has 1 aromatic rings. The van der Waals surface area contributed by atoms with Gasteiger partial charge in [-0.3, -0.25) is 0 Å². The molecule has 0 aliphatic rings. The lowest BCUT2D eigenvalue weighted by Gasteiger charge is -2.17. The first kappa shape index (κ1) is 82.3. The first-order valence-electron chi connectivity index (χ1n) is 39.8. The van der Waals surface area contributed by atoms with Crippen molar-refractivity contribution >= 4 is 35.3 Å². The molecule has 1 aromatic carbocycles. The maximum Gasteiger partial charge on any atom is 0.0344 e. The fourth-order valence-electron chi connectivity index (χ4n) is 13.1. The van der Waals surface area contributed by atoms with Gasteiger partial charge in [0, 0.05) is 14.7 Å². The van der Waals surface area contributed by atoms with E-state index in [1.54, 1.807) is 20.2 Å². The van der Waals surface area contributed by atoms with Gasteiger partial charge in [0.25, 0.3) is 0 Å². The highest BCUT2D eigenvalue weighted by molar-refractivity contribution is 8.03. The third-order valence-corrected chi connectivity index (χ3v) is 22.6. The molecule has 0 amide bonds. The lowest BCUT2D eigenvalue weighted by atomic mass is 10.0. The Bertz CT molecular complexity index is 1280. The van der Waals surface area contributed by atoms with Gasteiger partial charge in [-0.25, -0.2) is 0 Å². The molecule has 0 saturated heterocycles. The molecule has 0 heterocycles. The Kier molecular flexibility index (Phi) is 70.9. The van der Waals surface area contributed by atoms with Gasteiger partial charge < -0.3 is 0 Å². The van der Waals surface area contributed by atoms with Crippen LogP contribution in [0.3, 0.4) is 0 Å². The molecular weight excluding hydrogens is 1070 g/mol. The zero-order chi connectivity index (χ0) is 60.0. The number of thioether (sulfide) groups is 3. The average molecular weight is 1230 g/mol. The van der Waals surface area contributed by atoms with E-state index in [4.69, 9.17) is 0 Å². The van der Waals surface area contributed by atoms with Crippen LogP contribution in [0.15, 0.2) is 26.8 Å². The Morgan fingerprint density at radius 2 is 0.333 bits per heavy atom. The lowest BCUT2D eigenvalue weighted by molar-refractivity contribution is 0.520. The molecule has 0 radical (unpaired) electrons. The van der Waals surface area contributed by atoms with Crippen LogP contribution in [0.25, 0.3) is 0 Å². The highest BCUT2D eigenvalue weighted by Crippen LogP contribution is 2.41. The van der Waals surface area contributed by atoms with E-state index < -0.39 is 0 Å². The molecule has 3 heteroatoms. The van der Waals surface area contributed by atoms with Crippen molar-refractivity contribution in [2.75, 3.05) is 17.3 Å². The van der Waals surface area contributed by atoms with Crippen molar-refractivity contribution in [3.8, 4) is 0 Å². The number of hydrogen-bond donors (Lipinski definition) is 0. The summed E-state index contributed by atoms with van der Waals surface area (Å²) in [5, 5.41) is 0. The van der Waals surface area contributed by atoms with Crippen LogP contribution in [0.4, 0.5) is 0 Å². The zero-order valence-corrected chi connectivity index (χ0v) is 61.0. The zero-order valence-electron chi connectivity index (χ0n) is 58.6. The van der Waals surface area contributed by atoms with Gasteiger partial charge in [-0.05, 0) is 60.6 Å². The number of rotatable bonds is 74. The van der Waals surface area contributed by atoms with Crippen LogP contribution >= 0.6 is 35.3 Å². The Hall–Kier alpha value is 0.270. The molecule has 0 aromatic heterocycles. The largest absolute Gasteiger partial charge is 0.125 e. The highest BCUT2D eigenvalue weighted by Gasteiger charge is 2.14. The maximum atomic E-state index is 2.64. The van der Waals surface area contributed by atoms with Crippen molar-refractivity contribution in [2.45, 2.75) is 479 Å². The Morgan fingerprint density at radius 3 is 0.500 bits per heavy atom. The molecule has 84 heavy (non-hydrogen) atoms. The third-order valence-electron chi connectivity index (χ3n) is 18.9. The van der Waals surface area contributed by atoms with E-state index in [0.717, 1.165) is 0 Å². The van der Waals surface area contributed by atoms with Gasteiger partial charge in [-0.1, -0.05) is 439 Å². The van der Waals surface area contributed by atoms with Gasteiger partial charge >= 0.3 is 0 Å². The minimum atomic E-state index is 1.23. The van der Waals surface area contributed by atoms with Crippen molar-refractivity contribution in [3.63, 3.8) is 0 Å². The topological polar surface area (TPSA) is 0 Å². The summed E-state index contributed by atoms with van der Waals surface area (Å²) in [6.07, 6.45) is 99.0. The fourth-order valence-corrected chi connectivity index (χ4v) is 16.9. The van der Waals surface area contributed by atoms with E-state index in [9.17, 15) is 0 Å². The minimum absolute atomic E-state index is 1.23. The maximum absolute atomic E-state index is 2.64. The predicted molar refractivity (Wildman–Crippen MR) is 394 cm³/mol. The Balaban J connectivity index is 2.37. The molecule has 0 unspecified atom stereocenters. The van der Waals surface area contributed by atoms with Crippen molar-refractivity contribution in [3.05, 3.63) is 17.7 Å². The van der Waals surface area contributed by atoms with E-state index in [1.807, 2.05) is 0 Å². The fraction of sp³-hybridized carbons (Fsp3) is 0.926. The molecule has 0 fully saturated rings. The van der Waals surface area contributed by atoms with Gasteiger partial charge in [0.2, 0.25) is 0 Å². The van der Waals surface area contributed by atoms with Crippen molar-refractivity contribution in [1.82, 2.24) is 0 Å². The van der Waals surface area contributed by atoms with E-state index in [2.05, 4.69) is 75.1 Å². The predicted octanol–water partition coefficient (Wildman–Crippen LogP) is 31.7. The number of unbranched alkanes of at least 4 members (excludes halogenated alkanes) is 63. The van der Waals surface area contributed by atoms with Gasteiger partial charge in [0.05, 0.1) is 0 Å². The van der Waals surface area contributed by atoms with Crippen molar-refractivity contribution < 1.29 is 0 Å². The second kappa shape index (κ2) is 72.3. The number of benzene rings is 1. The first-order chi connectivity index (χ1) is 41.8. The average Bonchev–Trinajstić information content (AvgIpc) is 3.57. The Morgan fingerprint density at radius 1 is 0.179 bits per heavy atom. The summed E-state index contributed by atoms with van der Waals surface area (Å²) in [6.45, 7) is 9.34. The molecule has 0 N–H and O–H groups in total. The molecule has 0 aliphatic carbocycles. The third kappa shape index (κ3) is 61.1. The highest BCUT2D eigenvalue weighted by atomic mass is 32.2. The standard InChI is InChI=1S/C81H156S3/c1-5-9-12-15-18-21-24-27-30-33-36-39-42-45-48-51-54-57-60-63-66-69-73-82-79-76-78(72-8-4)77-80(83-74-70-67-64-61-58-55-52-49-46-43-40-37-34-31-28-25-22-19-16-13-10-6-2)81(79)84-75-71-68-65-62-59-56-53-50-47-44-41-38-35-32-29-26-23-20-17-14-11-7-3/h76-77H,5-75H2,1-4H3. The van der Waals surface area contributed by atoms with Crippen LogP contribution in [-0.4, -0.2) is 17.3 Å². The summed E-state index contributed by atoms with van der Waals surface area (Å²) in [7, 11) is 0. The molecule has 0 spiro atoms. The number of hydrogen-bond acceptors (Lipinski definition) is 3. The van der Waals surface area contributed by atoms with Crippen LogP contribution in [0.2, 0.25) is 0 Å².